The van der Waals surface area contributed by atoms with Gasteiger partial charge in [-0.1, -0.05) is 24.3 Å². The molecular weight excluding hydrogens is 228 g/mol. The van der Waals surface area contributed by atoms with Crippen molar-refractivity contribution in [2.45, 2.75) is 12.8 Å². The summed E-state index contributed by atoms with van der Waals surface area (Å²) >= 11 is 1.84. The van der Waals surface area contributed by atoms with E-state index < -0.39 is 0 Å². The molecule has 0 amide bonds. The fourth-order valence-electron chi connectivity index (χ4n) is 2.21. The van der Waals surface area contributed by atoms with Crippen LogP contribution in [0, 0.1) is 0 Å². The average Bonchev–Trinajstić information content (AvgIpc) is 2.74. The highest BCUT2D eigenvalue weighted by Crippen LogP contribution is 2.34. The van der Waals surface area contributed by atoms with E-state index >= 15 is 0 Å². The van der Waals surface area contributed by atoms with Crippen LogP contribution in [0.5, 0.6) is 0 Å². The lowest BCUT2D eigenvalue weighted by atomic mass is 10.1. The lowest BCUT2D eigenvalue weighted by Crippen LogP contribution is -1.88. The van der Waals surface area contributed by atoms with E-state index in [2.05, 4.69) is 42.5 Å². The molecule has 1 heterocycles. The van der Waals surface area contributed by atoms with Crippen LogP contribution in [-0.2, 0) is 6.42 Å². The van der Waals surface area contributed by atoms with E-state index in [0.29, 0.717) is 0 Å². The third kappa shape index (κ3) is 1.94. The van der Waals surface area contributed by atoms with Crippen molar-refractivity contribution >= 4 is 31.5 Å². The fraction of sp³-hybridized carbons (Fsp3) is 0.200. The highest BCUT2D eigenvalue weighted by Gasteiger charge is 2.04. The van der Waals surface area contributed by atoms with Gasteiger partial charge in [0.2, 0.25) is 0 Å². The van der Waals surface area contributed by atoms with Crippen LogP contribution < -0.4 is 0 Å². The molecule has 1 aromatic heterocycles. The molecule has 3 rings (SSSR count). The SMILES string of the molecule is OCCCc1ccc2sc3ccccc3c2c1. The summed E-state index contributed by atoms with van der Waals surface area (Å²) in [6, 6.07) is 15.2. The van der Waals surface area contributed by atoms with Crippen molar-refractivity contribution in [3.05, 3.63) is 48.0 Å². The molecule has 0 unspecified atom stereocenters. The van der Waals surface area contributed by atoms with Crippen LogP contribution in [-0.4, -0.2) is 11.7 Å². The van der Waals surface area contributed by atoms with E-state index in [-0.39, 0.29) is 6.61 Å². The van der Waals surface area contributed by atoms with E-state index in [4.69, 9.17) is 5.11 Å². The van der Waals surface area contributed by atoms with Crippen molar-refractivity contribution in [3.63, 3.8) is 0 Å². The second kappa shape index (κ2) is 4.47. The minimum atomic E-state index is 0.266. The molecular formula is C15H14OS. The van der Waals surface area contributed by atoms with Crippen molar-refractivity contribution in [2.24, 2.45) is 0 Å². The smallest absolute Gasteiger partial charge is 0.0434 e. The third-order valence-corrected chi connectivity index (χ3v) is 4.22. The predicted molar refractivity (Wildman–Crippen MR) is 74.7 cm³/mol. The molecule has 0 saturated heterocycles. The van der Waals surface area contributed by atoms with Crippen LogP contribution in [0.4, 0.5) is 0 Å². The summed E-state index contributed by atoms with van der Waals surface area (Å²) in [4.78, 5) is 0. The van der Waals surface area contributed by atoms with E-state index in [0.717, 1.165) is 12.8 Å². The van der Waals surface area contributed by atoms with Crippen LogP contribution in [0.25, 0.3) is 20.2 Å². The van der Waals surface area contributed by atoms with Gasteiger partial charge in [0.05, 0.1) is 0 Å². The molecule has 2 aromatic carbocycles. The number of hydrogen-bond acceptors (Lipinski definition) is 2. The summed E-state index contributed by atoms with van der Waals surface area (Å²) in [5.74, 6) is 0. The van der Waals surface area contributed by atoms with Gasteiger partial charge in [0.25, 0.3) is 0 Å². The van der Waals surface area contributed by atoms with Gasteiger partial charge in [-0.2, -0.15) is 0 Å². The number of aliphatic hydroxyl groups excluding tert-OH is 1. The van der Waals surface area contributed by atoms with Gasteiger partial charge in [0, 0.05) is 26.8 Å². The second-order valence-corrected chi connectivity index (χ2v) is 5.34. The number of aliphatic hydroxyl groups is 1. The van der Waals surface area contributed by atoms with Gasteiger partial charge >= 0.3 is 0 Å². The summed E-state index contributed by atoms with van der Waals surface area (Å²) < 4.78 is 2.70. The molecule has 0 fully saturated rings. The molecule has 2 heteroatoms. The molecule has 0 spiro atoms. The number of rotatable bonds is 3. The quantitative estimate of drug-likeness (QED) is 0.736. The molecule has 0 aliphatic heterocycles. The lowest BCUT2D eigenvalue weighted by Gasteiger charge is -1.99. The molecule has 1 nitrogen and oxygen atoms in total. The minimum Gasteiger partial charge on any atom is -0.396 e. The Morgan fingerprint density at radius 3 is 2.65 bits per heavy atom. The van der Waals surface area contributed by atoms with Gasteiger partial charge in [-0.15, -0.1) is 11.3 Å². The first-order chi connectivity index (χ1) is 8.38. The second-order valence-electron chi connectivity index (χ2n) is 4.26. The van der Waals surface area contributed by atoms with Crippen LogP contribution in [0.15, 0.2) is 42.5 Å². The summed E-state index contributed by atoms with van der Waals surface area (Å²) in [5, 5.41) is 11.6. The standard InChI is InChI=1S/C15H14OS/c16-9-3-4-11-7-8-15-13(10-11)12-5-1-2-6-14(12)17-15/h1-2,5-8,10,16H,3-4,9H2. The fourth-order valence-corrected chi connectivity index (χ4v) is 3.30. The van der Waals surface area contributed by atoms with Crippen molar-refractivity contribution in [1.82, 2.24) is 0 Å². The van der Waals surface area contributed by atoms with Crippen LogP contribution in [0.2, 0.25) is 0 Å². The van der Waals surface area contributed by atoms with Gasteiger partial charge in [-0.25, -0.2) is 0 Å². The summed E-state index contributed by atoms with van der Waals surface area (Å²) in [5.41, 5.74) is 1.31. The Balaban J connectivity index is 2.16. The zero-order valence-electron chi connectivity index (χ0n) is 9.52. The van der Waals surface area contributed by atoms with Crippen molar-refractivity contribution < 1.29 is 5.11 Å². The maximum atomic E-state index is 8.87. The van der Waals surface area contributed by atoms with Crippen molar-refractivity contribution in [3.8, 4) is 0 Å². The summed E-state index contributed by atoms with van der Waals surface area (Å²) in [6.07, 6.45) is 1.80. The minimum absolute atomic E-state index is 0.266. The van der Waals surface area contributed by atoms with E-state index in [1.54, 1.807) is 0 Å². The molecule has 0 aliphatic rings. The first-order valence-electron chi connectivity index (χ1n) is 5.89. The molecule has 0 radical (unpaired) electrons. The largest absolute Gasteiger partial charge is 0.396 e. The highest BCUT2D eigenvalue weighted by atomic mass is 32.1. The van der Waals surface area contributed by atoms with Gasteiger partial charge in [0.15, 0.2) is 0 Å². The Morgan fingerprint density at radius 2 is 1.76 bits per heavy atom. The Kier molecular flexibility index (Phi) is 2.83. The Labute approximate surface area is 104 Å². The van der Waals surface area contributed by atoms with Gasteiger partial charge in [0.1, 0.15) is 0 Å². The Morgan fingerprint density at radius 1 is 0.941 bits per heavy atom. The predicted octanol–water partition coefficient (Wildman–Crippen LogP) is 3.98. The maximum Gasteiger partial charge on any atom is 0.0434 e. The molecule has 17 heavy (non-hydrogen) atoms. The lowest BCUT2D eigenvalue weighted by molar-refractivity contribution is 0.288. The van der Waals surface area contributed by atoms with Gasteiger partial charge in [-0.05, 0) is 36.6 Å². The third-order valence-electron chi connectivity index (χ3n) is 3.06. The Bertz CT molecular complexity index is 654. The molecule has 1 N–H and O–H groups in total. The van der Waals surface area contributed by atoms with E-state index in [9.17, 15) is 0 Å². The number of fused-ring (bicyclic) bond motifs is 3. The normalized spacial score (nSPS) is 11.4. The molecule has 0 saturated carbocycles. The molecule has 3 aromatic rings. The zero-order valence-corrected chi connectivity index (χ0v) is 10.3. The van der Waals surface area contributed by atoms with Crippen LogP contribution >= 0.6 is 11.3 Å². The molecule has 0 atom stereocenters. The maximum absolute atomic E-state index is 8.87. The molecule has 0 aliphatic carbocycles. The van der Waals surface area contributed by atoms with Crippen molar-refractivity contribution in [1.29, 1.82) is 0 Å². The number of aryl methyl sites for hydroxylation is 1. The van der Waals surface area contributed by atoms with Crippen molar-refractivity contribution in [2.75, 3.05) is 6.61 Å². The monoisotopic (exact) mass is 242 g/mol. The highest BCUT2D eigenvalue weighted by molar-refractivity contribution is 7.25. The van der Waals surface area contributed by atoms with E-state index in [1.165, 1.54) is 25.7 Å². The summed E-state index contributed by atoms with van der Waals surface area (Å²) in [6.45, 7) is 0.266. The average molecular weight is 242 g/mol. The first kappa shape index (κ1) is 10.8. The topological polar surface area (TPSA) is 20.2 Å². The number of thiophene rings is 1. The van der Waals surface area contributed by atoms with Gasteiger partial charge < -0.3 is 5.11 Å². The number of hydrogen-bond donors (Lipinski definition) is 1. The van der Waals surface area contributed by atoms with Gasteiger partial charge in [-0.3, -0.25) is 0 Å². The van der Waals surface area contributed by atoms with Crippen LogP contribution in [0.1, 0.15) is 12.0 Å². The number of benzene rings is 2. The first-order valence-corrected chi connectivity index (χ1v) is 6.71. The summed E-state index contributed by atoms with van der Waals surface area (Å²) in [7, 11) is 0. The molecule has 86 valence electrons. The molecule has 0 bridgehead atoms. The zero-order chi connectivity index (χ0) is 11.7. The van der Waals surface area contributed by atoms with E-state index in [1.807, 2.05) is 11.3 Å². The van der Waals surface area contributed by atoms with Crippen LogP contribution in [0.3, 0.4) is 0 Å². The Hall–Kier alpha value is -1.38.